The normalized spacial score (nSPS) is 15.3. The highest BCUT2D eigenvalue weighted by molar-refractivity contribution is 14.0. The molecule has 142 valence electrons. The number of aryl methyl sites for hydroxylation is 1. The van der Waals surface area contributed by atoms with E-state index in [-0.39, 0.29) is 29.4 Å². The Hall–Kier alpha value is -1.16. The van der Waals surface area contributed by atoms with E-state index in [1.54, 1.807) is 0 Å². The molecule has 3 rings (SSSR count). The van der Waals surface area contributed by atoms with Crippen molar-refractivity contribution in [1.29, 1.82) is 0 Å². The summed E-state index contributed by atoms with van der Waals surface area (Å²) in [4.78, 5) is 4.66. The maximum atomic E-state index is 4.66. The third-order valence-electron chi connectivity index (χ3n) is 4.80. The molecule has 0 unspecified atom stereocenters. The van der Waals surface area contributed by atoms with Gasteiger partial charge in [-0.1, -0.05) is 34.1 Å². The smallest absolute Gasteiger partial charge is 0.191 e. The van der Waals surface area contributed by atoms with E-state index in [0.29, 0.717) is 6.54 Å². The van der Waals surface area contributed by atoms with Crippen molar-refractivity contribution in [2.75, 3.05) is 13.1 Å². The number of hydrogen-bond donors (Lipinski definition) is 2. The van der Waals surface area contributed by atoms with Crippen LogP contribution in [0.25, 0.3) is 0 Å². The summed E-state index contributed by atoms with van der Waals surface area (Å²) in [6.45, 7) is 6.22. The van der Waals surface area contributed by atoms with Crippen LogP contribution in [-0.4, -0.2) is 33.8 Å². The molecule has 0 atom stereocenters. The molecule has 1 aromatic carbocycles. The van der Waals surface area contributed by atoms with Crippen molar-refractivity contribution in [2.24, 2.45) is 12.0 Å². The first kappa shape index (κ1) is 21.1. The van der Waals surface area contributed by atoms with Crippen LogP contribution in [0.15, 0.2) is 33.7 Å². The van der Waals surface area contributed by atoms with Crippen molar-refractivity contribution in [3.63, 3.8) is 0 Å². The minimum atomic E-state index is 0. The highest BCUT2D eigenvalue weighted by Gasteiger charge is 2.45. The van der Waals surface area contributed by atoms with Crippen LogP contribution < -0.4 is 10.6 Å². The molecule has 1 heterocycles. The monoisotopic (exact) mass is 532 g/mol. The molecule has 1 aromatic heterocycles. The van der Waals surface area contributed by atoms with E-state index in [9.17, 15) is 0 Å². The average Bonchev–Trinajstić information content (AvgIpc) is 3.33. The maximum absolute atomic E-state index is 4.66. The maximum Gasteiger partial charge on any atom is 0.191 e. The Labute approximate surface area is 180 Å². The second-order valence-corrected chi connectivity index (χ2v) is 7.39. The van der Waals surface area contributed by atoms with Crippen molar-refractivity contribution in [3.8, 4) is 0 Å². The minimum absolute atomic E-state index is 0. The fourth-order valence-electron chi connectivity index (χ4n) is 2.92. The molecule has 0 amide bonds. The molecule has 0 bridgehead atoms. The van der Waals surface area contributed by atoms with E-state index in [1.807, 2.05) is 18.5 Å². The number of rotatable bonds is 6. The largest absolute Gasteiger partial charge is 0.357 e. The molecule has 0 aliphatic heterocycles. The van der Waals surface area contributed by atoms with Crippen LogP contribution in [0, 0.1) is 6.92 Å². The number of aliphatic imine (C=N–C) groups is 1. The fourth-order valence-corrected chi connectivity index (χ4v) is 3.62. The molecule has 2 N–H and O–H groups in total. The highest BCUT2D eigenvalue weighted by atomic mass is 127. The third-order valence-corrected chi connectivity index (χ3v) is 5.49. The van der Waals surface area contributed by atoms with E-state index >= 15 is 0 Å². The van der Waals surface area contributed by atoms with Gasteiger partial charge in [-0.15, -0.1) is 34.2 Å². The van der Waals surface area contributed by atoms with Crippen LogP contribution >= 0.6 is 39.9 Å². The predicted molar refractivity (Wildman–Crippen MR) is 119 cm³/mol. The summed E-state index contributed by atoms with van der Waals surface area (Å²) >= 11 is 3.69. The number of guanidine groups is 1. The van der Waals surface area contributed by atoms with Gasteiger partial charge in [0, 0.05) is 30.0 Å². The SMILES string of the molecule is CCNC(=NCc1nnc(C)n1C)NCC1(c2ccccc2Br)CC1.I. The second kappa shape index (κ2) is 9.16. The van der Waals surface area contributed by atoms with Gasteiger partial charge in [-0.05, 0) is 38.3 Å². The molecule has 2 aromatic rings. The van der Waals surface area contributed by atoms with Crippen molar-refractivity contribution >= 4 is 45.9 Å². The van der Waals surface area contributed by atoms with E-state index in [1.165, 1.54) is 22.9 Å². The summed E-state index contributed by atoms with van der Waals surface area (Å²) in [5, 5.41) is 15.1. The van der Waals surface area contributed by atoms with Gasteiger partial charge in [-0.2, -0.15) is 0 Å². The Morgan fingerprint density at radius 3 is 2.58 bits per heavy atom. The van der Waals surface area contributed by atoms with E-state index < -0.39 is 0 Å². The topological polar surface area (TPSA) is 67.1 Å². The first-order valence-corrected chi connectivity index (χ1v) is 9.47. The molecule has 1 saturated carbocycles. The van der Waals surface area contributed by atoms with Crippen LogP contribution in [0.4, 0.5) is 0 Å². The Morgan fingerprint density at radius 2 is 2.00 bits per heavy atom. The van der Waals surface area contributed by atoms with Gasteiger partial charge in [-0.25, -0.2) is 4.99 Å². The van der Waals surface area contributed by atoms with Gasteiger partial charge in [0.15, 0.2) is 11.8 Å². The lowest BCUT2D eigenvalue weighted by Gasteiger charge is -2.20. The lowest BCUT2D eigenvalue weighted by Crippen LogP contribution is -2.41. The van der Waals surface area contributed by atoms with Crippen LogP contribution in [0.2, 0.25) is 0 Å². The quantitative estimate of drug-likeness (QED) is 0.340. The molecule has 1 aliphatic rings. The zero-order valence-electron chi connectivity index (χ0n) is 15.4. The van der Waals surface area contributed by atoms with Crippen LogP contribution in [-0.2, 0) is 19.0 Å². The minimum Gasteiger partial charge on any atom is -0.357 e. The first-order chi connectivity index (χ1) is 12.1. The number of halogens is 2. The lowest BCUT2D eigenvalue weighted by molar-refractivity contribution is 0.642. The van der Waals surface area contributed by atoms with Crippen molar-refractivity contribution in [1.82, 2.24) is 25.4 Å². The van der Waals surface area contributed by atoms with E-state index in [0.717, 1.165) is 30.7 Å². The lowest BCUT2D eigenvalue weighted by atomic mass is 9.96. The third kappa shape index (κ3) is 4.76. The molecule has 1 fully saturated rings. The molecule has 1 aliphatic carbocycles. The van der Waals surface area contributed by atoms with Crippen LogP contribution in [0.5, 0.6) is 0 Å². The fraction of sp³-hybridized carbons (Fsp3) is 0.500. The zero-order valence-corrected chi connectivity index (χ0v) is 19.3. The van der Waals surface area contributed by atoms with Gasteiger partial charge >= 0.3 is 0 Å². The molecule has 0 radical (unpaired) electrons. The summed E-state index contributed by atoms with van der Waals surface area (Å²) in [7, 11) is 1.96. The summed E-state index contributed by atoms with van der Waals surface area (Å²) in [6.07, 6.45) is 2.40. The Kier molecular flexibility index (Phi) is 7.45. The van der Waals surface area contributed by atoms with E-state index in [2.05, 4.69) is 72.9 Å². The molecule has 6 nitrogen and oxygen atoms in total. The number of hydrogen-bond acceptors (Lipinski definition) is 3. The highest BCUT2D eigenvalue weighted by Crippen LogP contribution is 2.49. The summed E-state index contributed by atoms with van der Waals surface area (Å²) in [5.74, 6) is 2.58. The zero-order chi connectivity index (χ0) is 17.9. The number of aromatic nitrogens is 3. The van der Waals surface area contributed by atoms with Crippen LogP contribution in [0.3, 0.4) is 0 Å². The summed E-state index contributed by atoms with van der Waals surface area (Å²) in [6, 6.07) is 8.50. The Morgan fingerprint density at radius 1 is 1.27 bits per heavy atom. The van der Waals surface area contributed by atoms with Gasteiger partial charge in [0.1, 0.15) is 12.4 Å². The summed E-state index contributed by atoms with van der Waals surface area (Å²) < 4.78 is 3.15. The van der Waals surface area contributed by atoms with E-state index in [4.69, 9.17) is 0 Å². The van der Waals surface area contributed by atoms with Crippen LogP contribution in [0.1, 0.15) is 37.0 Å². The van der Waals surface area contributed by atoms with Crippen molar-refractivity contribution in [3.05, 3.63) is 46.0 Å². The van der Waals surface area contributed by atoms with Gasteiger partial charge in [-0.3, -0.25) is 0 Å². The molecule has 26 heavy (non-hydrogen) atoms. The van der Waals surface area contributed by atoms with Gasteiger partial charge < -0.3 is 15.2 Å². The molecular formula is C18H26BrIN6. The molecule has 8 heteroatoms. The van der Waals surface area contributed by atoms with Crippen molar-refractivity contribution < 1.29 is 0 Å². The van der Waals surface area contributed by atoms with Gasteiger partial charge in [0.05, 0.1) is 0 Å². The Balaban J connectivity index is 0.00000243. The first-order valence-electron chi connectivity index (χ1n) is 8.68. The average molecular weight is 533 g/mol. The van der Waals surface area contributed by atoms with Crippen molar-refractivity contribution in [2.45, 2.75) is 38.6 Å². The number of nitrogens with one attached hydrogen (secondary N) is 2. The second-order valence-electron chi connectivity index (χ2n) is 6.53. The summed E-state index contributed by atoms with van der Waals surface area (Å²) in [5.41, 5.74) is 1.58. The van der Waals surface area contributed by atoms with Gasteiger partial charge in [0.2, 0.25) is 0 Å². The Bertz CT molecular complexity index is 769. The molecular weight excluding hydrogens is 507 g/mol. The standard InChI is InChI=1S/C18H25BrN6.HI/c1-4-20-17(21-11-16-24-23-13(2)25(16)3)22-12-18(9-10-18)14-7-5-6-8-15(14)19;/h5-8H,4,9-12H2,1-3H3,(H2,20,21,22);1H. The predicted octanol–water partition coefficient (Wildman–Crippen LogP) is 3.29. The number of benzene rings is 1. The molecule has 0 saturated heterocycles. The van der Waals surface area contributed by atoms with Gasteiger partial charge in [0.25, 0.3) is 0 Å². The number of nitrogens with zero attached hydrogens (tertiary/aromatic N) is 4. The molecule has 0 spiro atoms.